The van der Waals surface area contributed by atoms with Gasteiger partial charge in [0.2, 0.25) is 0 Å². The molecule has 0 aromatic heterocycles. The van der Waals surface area contributed by atoms with Crippen molar-refractivity contribution >= 4 is 51.0 Å². The molecule has 0 aliphatic heterocycles. The number of amides is 2. The number of hydrogen-bond donors (Lipinski definition) is 2. The van der Waals surface area contributed by atoms with Crippen LogP contribution in [0.2, 0.25) is 5.02 Å². The summed E-state index contributed by atoms with van der Waals surface area (Å²) in [6.07, 6.45) is 1.44. The number of nitrogens with one attached hydrogen (secondary N) is 2. The van der Waals surface area contributed by atoms with E-state index in [4.69, 9.17) is 21.1 Å². The predicted octanol–water partition coefficient (Wildman–Crippen LogP) is 6.83. The van der Waals surface area contributed by atoms with Crippen LogP contribution in [0.4, 0.5) is 11.4 Å². The van der Waals surface area contributed by atoms with Crippen molar-refractivity contribution in [1.82, 2.24) is 5.43 Å². The average Bonchev–Trinajstić information content (AvgIpc) is 3.11. The minimum absolute atomic E-state index is 0.0442. The number of benzene rings is 5. The van der Waals surface area contributed by atoms with Gasteiger partial charge in [-0.2, -0.15) is 5.10 Å². The summed E-state index contributed by atoms with van der Waals surface area (Å²) >= 11 is 6.07. The number of rotatable bonds is 13. The number of halogens is 1. The summed E-state index contributed by atoms with van der Waals surface area (Å²) in [4.78, 5) is 25.9. The molecule has 0 saturated carbocycles. The van der Waals surface area contributed by atoms with Crippen molar-refractivity contribution in [3.05, 3.63) is 149 Å². The fourth-order valence-corrected chi connectivity index (χ4v) is 6.33. The lowest BCUT2D eigenvalue weighted by Gasteiger charge is -2.26. The van der Waals surface area contributed by atoms with Crippen molar-refractivity contribution in [2.75, 3.05) is 23.3 Å². The zero-order valence-corrected chi connectivity index (χ0v) is 28.2. The first-order valence-electron chi connectivity index (χ1n) is 15.1. The molecule has 5 rings (SSSR count). The molecular formula is C37H33ClN4O6S. The number of anilines is 2. The molecule has 2 amide bonds. The predicted molar refractivity (Wildman–Crippen MR) is 191 cm³/mol. The van der Waals surface area contributed by atoms with Gasteiger partial charge in [-0.25, -0.2) is 13.8 Å². The van der Waals surface area contributed by atoms with Crippen molar-refractivity contribution in [2.45, 2.75) is 18.4 Å². The topological polar surface area (TPSA) is 126 Å². The molecule has 0 bridgehead atoms. The number of sulfonamides is 1. The van der Waals surface area contributed by atoms with Crippen molar-refractivity contribution < 1.29 is 27.5 Å². The Morgan fingerprint density at radius 1 is 0.857 bits per heavy atom. The lowest BCUT2D eigenvalue weighted by Crippen LogP contribution is -2.33. The molecular weight excluding hydrogens is 664 g/mol. The van der Waals surface area contributed by atoms with E-state index < -0.39 is 15.9 Å². The lowest BCUT2D eigenvalue weighted by molar-refractivity contribution is -0.118. The number of nitrogens with zero attached hydrogens (tertiary/aromatic N) is 2. The largest absolute Gasteiger partial charge is 0.495 e. The number of carbonyl (C=O) groups excluding carboxylic acids is 2. The molecule has 0 heterocycles. The van der Waals surface area contributed by atoms with Crippen LogP contribution in [0, 0.1) is 6.92 Å². The van der Waals surface area contributed by atoms with Crippen LogP contribution in [0.25, 0.3) is 0 Å². The third-order valence-corrected chi connectivity index (χ3v) is 9.30. The van der Waals surface area contributed by atoms with Gasteiger partial charge in [0.25, 0.3) is 21.8 Å². The molecule has 12 heteroatoms. The number of hydrazone groups is 1. The Kier molecular flexibility index (Phi) is 11.3. The Balaban J connectivity index is 1.27. The second kappa shape index (κ2) is 16.0. The van der Waals surface area contributed by atoms with E-state index in [1.54, 1.807) is 115 Å². The number of aryl methyl sites for hydroxylation is 1. The zero-order chi connectivity index (χ0) is 34.8. The molecule has 0 fully saturated rings. The second-order valence-electron chi connectivity index (χ2n) is 10.8. The van der Waals surface area contributed by atoms with E-state index in [1.165, 1.54) is 23.7 Å². The summed E-state index contributed by atoms with van der Waals surface area (Å²) < 4.78 is 40.1. The molecule has 0 aliphatic carbocycles. The minimum Gasteiger partial charge on any atom is -0.495 e. The van der Waals surface area contributed by atoms with Gasteiger partial charge in [0.15, 0.2) is 6.61 Å². The summed E-state index contributed by atoms with van der Waals surface area (Å²) in [5.74, 6) is 0.0445. The van der Waals surface area contributed by atoms with Gasteiger partial charge < -0.3 is 14.8 Å². The third-order valence-electron chi connectivity index (χ3n) is 7.28. The Morgan fingerprint density at radius 3 is 2.24 bits per heavy atom. The SMILES string of the molecule is COc1ccccc1NC(=O)COc1ccc(/C=N\NC(=O)c2ccccc2N(Cc2ccc(Cl)cc2)S(=O)(=O)c2ccc(C)cc2)cc1. The number of hydrogen-bond acceptors (Lipinski definition) is 7. The molecule has 10 nitrogen and oxygen atoms in total. The normalized spacial score (nSPS) is 11.2. The van der Waals surface area contributed by atoms with Crippen LogP contribution in [0.3, 0.4) is 0 Å². The van der Waals surface area contributed by atoms with Gasteiger partial charge in [-0.3, -0.25) is 13.9 Å². The van der Waals surface area contributed by atoms with Gasteiger partial charge in [0, 0.05) is 5.02 Å². The highest BCUT2D eigenvalue weighted by Gasteiger charge is 2.28. The van der Waals surface area contributed by atoms with Crippen LogP contribution in [0.5, 0.6) is 11.5 Å². The molecule has 2 N–H and O–H groups in total. The van der Waals surface area contributed by atoms with Gasteiger partial charge in [-0.05, 0) is 90.8 Å². The smallest absolute Gasteiger partial charge is 0.273 e. The van der Waals surface area contributed by atoms with Gasteiger partial charge in [-0.15, -0.1) is 0 Å². The number of methoxy groups -OCH3 is 1. The molecule has 5 aromatic carbocycles. The summed E-state index contributed by atoms with van der Waals surface area (Å²) in [5.41, 5.74) is 5.56. The summed E-state index contributed by atoms with van der Waals surface area (Å²) in [6.45, 7) is 1.61. The van der Waals surface area contributed by atoms with Gasteiger partial charge in [0.1, 0.15) is 11.5 Å². The maximum absolute atomic E-state index is 14.0. The van der Waals surface area contributed by atoms with Gasteiger partial charge in [-0.1, -0.05) is 65.7 Å². The summed E-state index contributed by atoms with van der Waals surface area (Å²) in [5, 5.41) is 7.35. The number of para-hydroxylation sites is 3. The molecule has 5 aromatic rings. The van der Waals surface area contributed by atoms with Crippen LogP contribution < -0.4 is 24.5 Å². The molecule has 0 spiro atoms. The van der Waals surface area contributed by atoms with Crippen LogP contribution in [-0.2, 0) is 21.4 Å². The van der Waals surface area contributed by atoms with Crippen molar-refractivity contribution in [3.63, 3.8) is 0 Å². The maximum Gasteiger partial charge on any atom is 0.273 e. The van der Waals surface area contributed by atoms with Crippen LogP contribution >= 0.6 is 11.6 Å². The Hall–Kier alpha value is -5.65. The molecule has 0 atom stereocenters. The Labute approximate surface area is 290 Å². The summed E-state index contributed by atoms with van der Waals surface area (Å²) in [6, 6.07) is 33.6. The van der Waals surface area contributed by atoms with Crippen molar-refractivity contribution in [2.24, 2.45) is 5.10 Å². The quantitative estimate of drug-likeness (QED) is 0.103. The standard InChI is InChI=1S/C37H33ClN4O6S/c1-26-11-21-31(22-12-26)49(45,46)42(24-28-13-17-29(38)18-14-28)34-9-5-3-7-32(34)37(44)41-39-23-27-15-19-30(20-16-27)48-25-36(43)40-33-8-4-6-10-35(33)47-2/h3-23H,24-25H2,1-2H3,(H,40,43)(H,41,44)/b39-23-. The first-order valence-corrected chi connectivity index (χ1v) is 16.9. The molecule has 0 unspecified atom stereocenters. The first-order chi connectivity index (χ1) is 23.6. The number of carbonyl (C=O) groups is 2. The molecule has 250 valence electrons. The van der Waals surface area contributed by atoms with Crippen LogP contribution in [0.1, 0.15) is 27.0 Å². The first kappa shape index (κ1) is 34.7. The van der Waals surface area contributed by atoms with E-state index in [0.717, 1.165) is 5.56 Å². The zero-order valence-electron chi connectivity index (χ0n) is 26.7. The fraction of sp³-hybridized carbons (Fsp3) is 0.108. The maximum atomic E-state index is 14.0. The Bertz CT molecular complexity index is 2050. The van der Waals surface area contributed by atoms with Crippen molar-refractivity contribution in [1.29, 1.82) is 0 Å². The van der Waals surface area contributed by atoms with Crippen LogP contribution in [0.15, 0.2) is 131 Å². The molecule has 0 aliphatic rings. The lowest BCUT2D eigenvalue weighted by atomic mass is 10.1. The van der Waals surface area contributed by atoms with E-state index >= 15 is 0 Å². The number of ether oxygens (including phenoxy) is 2. The van der Waals surface area contributed by atoms with E-state index in [0.29, 0.717) is 33.3 Å². The monoisotopic (exact) mass is 696 g/mol. The van der Waals surface area contributed by atoms with Crippen molar-refractivity contribution in [3.8, 4) is 11.5 Å². The summed E-state index contributed by atoms with van der Waals surface area (Å²) in [7, 11) is -2.57. The van der Waals surface area contributed by atoms with Gasteiger partial charge in [0.05, 0.1) is 41.7 Å². The van der Waals surface area contributed by atoms with E-state index in [1.807, 2.05) is 6.92 Å². The third kappa shape index (κ3) is 9.04. The second-order valence-corrected chi connectivity index (χ2v) is 13.1. The highest BCUT2D eigenvalue weighted by molar-refractivity contribution is 7.92. The average molecular weight is 697 g/mol. The minimum atomic E-state index is -4.09. The van der Waals surface area contributed by atoms with Gasteiger partial charge >= 0.3 is 0 Å². The van der Waals surface area contributed by atoms with E-state index in [-0.39, 0.29) is 35.2 Å². The molecule has 0 saturated heterocycles. The highest BCUT2D eigenvalue weighted by atomic mass is 35.5. The fourth-order valence-electron chi connectivity index (χ4n) is 4.73. The molecule has 0 radical (unpaired) electrons. The van der Waals surface area contributed by atoms with Crippen LogP contribution in [-0.4, -0.2) is 40.2 Å². The highest BCUT2D eigenvalue weighted by Crippen LogP contribution is 2.30. The Morgan fingerprint density at radius 2 is 1.53 bits per heavy atom. The molecule has 49 heavy (non-hydrogen) atoms. The van der Waals surface area contributed by atoms with E-state index in [2.05, 4.69) is 15.8 Å². The van der Waals surface area contributed by atoms with E-state index in [9.17, 15) is 18.0 Å².